The zero-order valence-corrected chi connectivity index (χ0v) is 15.0. The second-order valence-electron chi connectivity index (χ2n) is 6.89. The summed E-state index contributed by atoms with van der Waals surface area (Å²) >= 11 is 0. The quantitative estimate of drug-likeness (QED) is 0.776. The predicted molar refractivity (Wildman–Crippen MR) is 96.3 cm³/mol. The summed E-state index contributed by atoms with van der Waals surface area (Å²) in [6.07, 6.45) is -0.127. The summed E-state index contributed by atoms with van der Waals surface area (Å²) in [5.41, 5.74) is 2.57. The minimum atomic E-state index is -0.958. The number of carboxylic acid groups (broad SMARTS) is 1. The number of nitrogens with zero attached hydrogens (tertiary/aromatic N) is 2. The molecule has 0 atom stereocenters. The summed E-state index contributed by atoms with van der Waals surface area (Å²) in [7, 11) is 0. The summed E-state index contributed by atoms with van der Waals surface area (Å²) in [5.74, 6) is -0.424. The zero-order chi connectivity index (χ0) is 18.6. The first kappa shape index (κ1) is 18.5. The van der Waals surface area contributed by atoms with E-state index in [9.17, 15) is 9.59 Å². The third kappa shape index (κ3) is 4.82. The normalized spacial score (nSPS) is 11.2. The number of carbonyl (C=O) groups is 2. The van der Waals surface area contributed by atoms with Crippen LogP contribution in [0.4, 0.5) is 10.6 Å². The highest BCUT2D eigenvalue weighted by Gasteiger charge is 2.22. The van der Waals surface area contributed by atoms with Gasteiger partial charge in [0.05, 0.1) is 17.8 Å². The summed E-state index contributed by atoms with van der Waals surface area (Å²) in [6, 6.07) is 9.14. The van der Waals surface area contributed by atoms with Gasteiger partial charge in [0.1, 0.15) is 5.82 Å². The molecule has 0 aliphatic heterocycles. The molecule has 0 aliphatic rings. The van der Waals surface area contributed by atoms with E-state index >= 15 is 0 Å². The average molecular weight is 344 g/mol. The molecule has 0 saturated carbocycles. The van der Waals surface area contributed by atoms with Crippen molar-refractivity contribution in [2.75, 3.05) is 11.9 Å². The molecule has 1 aromatic heterocycles. The molecule has 0 fully saturated rings. The van der Waals surface area contributed by atoms with Crippen molar-refractivity contribution < 1.29 is 14.7 Å². The zero-order valence-electron chi connectivity index (χ0n) is 15.0. The number of carboxylic acids is 1. The van der Waals surface area contributed by atoms with Gasteiger partial charge in [0.25, 0.3) is 0 Å². The largest absolute Gasteiger partial charge is 0.481 e. The Balaban J connectivity index is 2.30. The molecule has 0 spiro atoms. The Kier molecular flexibility index (Phi) is 5.46. The van der Waals surface area contributed by atoms with E-state index in [1.807, 2.05) is 58.0 Å². The van der Waals surface area contributed by atoms with Crippen molar-refractivity contribution in [3.63, 3.8) is 0 Å². The van der Waals surface area contributed by atoms with Gasteiger partial charge in [0, 0.05) is 18.0 Å². The summed E-state index contributed by atoms with van der Waals surface area (Å²) in [6.45, 7) is 8.19. The van der Waals surface area contributed by atoms with Crippen molar-refractivity contribution in [1.29, 1.82) is 0 Å². The van der Waals surface area contributed by atoms with Crippen LogP contribution in [0, 0.1) is 6.92 Å². The Morgan fingerprint density at radius 2 is 1.92 bits per heavy atom. The third-order valence-corrected chi connectivity index (χ3v) is 3.69. The second kappa shape index (κ2) is 7.38. The fourth-order valence-electron chi connectivity index (χ4n) is 2.26. The van der Waals surface area contributed by atoms with Crippen molar-refractivity contribution >= 4 is 17.8 Å². The van der Waals surface area contributed by atoms with Crippen LogP contribution in [0.1, 0.15) is 38.4 Å². The Hall–Kier alpha value is -2.83. The first-order valence-corrected chi connectivity index (χ1v) is 8.11. The maximum atomic E-state index is 12.1. The number of hydrogen-bond donors (Lipinski definition) is 3. The number of nitrogens with one attached hydrogen (secondary N) is 2. The molecule has 1 aromatic carbocycles. The lowest BCUT2D eigenvalue weighted by Gasteiger charge is -2.14. The Bertz CT molecular complexity index is 775. The molecule has 134 valence electrons. The first-order chi connectivity index (χ1) is 11.7. The molecular weight excluding hydrogens is 320 g/mol. The van der Waals surface area contributed by atoms with Crippen molar-refractivity contribution in [1.82, 2.24) is 15.1 Å². The summed E-state index contributed by atoms with van der Waals surface area (Å²) in [4.78, 5) is 22.6. The van der Waals surface area contributed by atoms with E-state index in [4.69, 9.17) is 5.11 Å². The lowest BCUT2D eigenvalue weighted by atomic mass is 9.92. The SMILES string of the molecule is Cc1ccccc1-n1nc(C(C)(C)C)cc1NC(=O)NCCC(=O)O. The van der Waals surface area contributed by atoms with E-state index in [-0.39, 0.29) is 18.4 Å². The van der Waals surface area contributed by atoms with Crippen LogP contribution in [0.2, 0.25) is 0 Å². The third-order valence-electron chi connectivity index (χ3n) is 3.69. The van der Waals surface area contributed by atoms with Gasteiger partial charge >= 0.3 is 12.0 Å². The lowest BCUT2D eigenvalue weighted by molar-refractivity contribution is -0.136. The second-order valence-corrected chi connectivity index (χ2v) is 6.89. The minimum Gasteiger partial charge on any atom is -0.481 e. The fourth-order valence-corrected chi connectivity index (χ4v) is 2.26. The van der Waals surface area contributed by atoms with Crippen molar-refractivity contribution in [2.24, 2.45) is 0 Å². The molecule has 0 saturated heterocycles. The minimum absolute atomic E-state index is 0.0613. The van der Waals surface area contributed by atoms with Crippen LogP contribution >= 0.6 is 0 Å². The van der Waals surface area contributed by atoms with E-state index in [1.54, 1.807) is 4.68 Å². The molecule has 2 aromatic rings. The molecule has 3 N–H and O–H groups in total. The van der Waals surface area contributed by atoms with E-state index in [2.05, 4.69) is 15.7 Å². The van der Waals surface area contributed by atoms with Crippen LogP contribution in [0.3, 0.4) is 0 Å². The summed E-state index contributed by atoms with van der Waals surface area (Å²) in [5, 5.41) is 18.6. The number of aliphatic carboxylic acids is 1. The smallest absolute Gasteiger partial charge is 0.320 e. The average Bonchev–Trinajstić information content (AvgIpc) is 2.91. The summed E-state index contributed by atoms with van der Waals surface area (Å²) < 4.78 is 1.70. The number of aryl methyl sites for hydroxylation is 1. The number of urea groups is 1. The Morgan fingerprint density at radius 3 is 2.52 bits per heavy atom. The Morgan fingerprint density at radius 1 is 1.24 bits per heavy atom. The maximum Gasteiger partial charge on any atom is 0.320 e. The van der Waals surface area contributed by atoms with E-state index in [0.29, 0.717) is 5.82 Å². The molecule has 7 nitrogen and oxygen atoms in total. The number of aromatic nitrogens is 2. The predicted octanol–water partition coefficient (Wildman–Crippen LogP) is 3.07. The monoisotopic (exact) mass is 344 g/mol. The number of amides is 2. The van der Waals surface area contributed by atoms with Gasteiger partial charge in [0.15, 0.2) is 0 Å². The Labute approximate surface area is 147 Å². The van der Waals surface area contributed by atoms with E-state index in [1.165, 1.54) is 0 Å². The van der Waals surface area contributed by atoms with Gasteiger partial charge in [-0.1, -0.05) is 39.0 Å². The van der Waals surface area contributed by atoms with Crippen LogP contribution in [-0.4, -0.2) is 33.4 Å². The van der Waals surface area contributed by atoms with E-state index < -0.39 is 12.0 Å². The van der Waals surface area contributed by atoms with Gasteiger partial charge < -0.3 is 10.4 Å². The molecule has 2 amide bonds. The molecule has 0 aliphatic carbocycles. The van der Waals surface area contributed by atoms with Gasteiger partial charge in [-0.05, 0) is 18.6 Å². The number of carbonyl (C=O) groups excluding carboxylic acids is 1. The standard InChI is InChI=1S/C18H24N4O3/c1-12-7-5-6-8-13(12)22-15(11-14(21-22)18(2,3)4)20-17(25)19-10-9-16(23)24/h5-8,11H,9-10H2,1-4H3,(H,23,24)(H2,19,20,25). The number of hydrogen-bond acceptors (Lipinski definition) is 3. The van der Waals surface area contributed by atoms with E-state index in [0.717, 1.165) is 16.9 Å². The number of para-hydroxylation sites is 1. The number of rotatable bonds is 5. The van der Waals surface area contributed by atoms with Crippen molar-refractivity contribution in [3.8, 4) is 5.69 Å². The van der Waals surface area contributed by atoms with Gasteiger partial charge in [-0.3, -0.25) is 10.1 Å². The van der Waals surface area contributed by atoms with Crippen molar-refractivity contribution in [3.05, 3.63) is 41.6 Å². The van der Waals surface area contributed by atoms with Crippen LogP contribution in [0.15, 0.2) is 30.3 Å². The van der Waals surface area contributed by atoms with Crippen LogP contribution < -0.4 is 10.6 Å². The molecule has 0 bridgehead atoms. The number of anilines is 1. The molecular formula is C18H24N4O3. The van der Waals surface area contributed by atoms with Crippen LogP contribution in [0.25, 0.3) is 5.69 Å². The fraction of sp³-hybridized carbons (Fsp3) is 0.389. The molecule has 0 radical (unpaired) electrons. The topological polar surface area (TPSA) is 96.3 Å². The van der Waals surface area contributed by atoms with Gasteiger partial charge in [-0.2, -0.15) is 5.10 Å². The lowest BCUT2D eigenvalue weighted by Crippen LogP contribution is -2.31. The molecule has 2 rings (SSSR count). The highest BCUT2D eigenvalue weighted by atomic mass is 16.4. The van der Waals surface area contributed by atoms with Crippen LogP contribution in [-0.2, 0) is 10.2 Å². The highest BCUT2D eigenvalue weighted by molar-refractivity contribution is 5.89. The molecule has 0 unspecified atom stereocenters. The molecule has 1 heterocycles. The highest BCUT2D eigenvalue weighted by Crippen LogP contribution is 2.27. The molecule has 25 heavy (non-hydrogen) atoms. The van der Waals surface area contributed by atoms with Crippen molar-refractivity contribution in [2.45, 2.75) is 39.5 Å². The first-order valence-electron chi connectivity index (χ1n) is 8.11. The van der Waals surface area contributed by atoms with Crippen LogP contribution in [0.5, 0.6) is 0 Å². The molecule has 7 heteroatoms. The number of benzene rings is 1. The van der Waals surface area contributed by atoms with Gasteiger partial charge in [-0.15, -0.1) is 0 Å². The maximum absolute atomic E-state index is 12.1. The van der Waals surface area contributed by atoms with Gasteiger partial charge in [0.2, 0.25) is 0 Å². The van der Waals surface area contributed by atoms with Gasteiger partial charge in [-0.25, -0.2) is 9.48 Å².